The molecule has 0 saturated carbocycles. The highest BCUT2D eigenvalue weighted by Gasteiger charge is 2.17. The molecular formula is C11H10FNO2S. The van der Waals surface area contributed by atoms with Crippen molar-refractivity contribution in [1.29, 1.82) is 0 Å². The average molecular weight is 239 g/mol. The van der Waals surface area contributed by atoms with Crippen LogP contribution in [-0.4, -0.2) is 17.2 Å². The first kappa shape index (κ1) is 11.0. The maximum atomic E-state index is 13.1. The van der Waals surface area contributed by atoms with E-state index in [0.717, 1.165) is 0 Å². The molecule has 0 fully saturated rings. The molecule has 0 saturated heterocycles. The zero-order chi connectivity index (χ0) is 11.5. The van der Waals surface area contributed by atoms with E-state index < -0.39 is 11.9 Å². The lowest BCUT2D eigenvalue weighted by Crippen LogP contribution is -2.03. The third-order valence-electron chi connectivity index (χ3n) is 2.22. The van der Waals surface area contributed by atoms with Crippen molar-refractivity contribution in [3.63, 3.8) is 0 Å². The topological polar surface area (TPSA) is 42.4 Å². The zero-order valence-corrected chi connectivity index (χ0v) is 9.37. The number of aliphatic hydroxyl groups is 1. The Hall–Kier alpha value is -1.46. The van der Waals surface area contributed by atoms with Crippen molar-refractivity contribution >= 4 is 11.3 Å². The van der Waals surface area contributed by atoms with Gasteiger partial charge >= 0.3 is 0 Å². The zero-order valence-electron chi connectivity index (χ0n) is 8.55. The van der Waals surface area contributed by atoms with Gasteiger partial charge in [0.15, 0.2) is 0 Å². The molecule has 5 heteroatoms. The van der Waals surface area contributed by atoms with Crippen LogP contribution in [0.15, 0.2) is 29.1 Å². The minimum atomic E-state index is -0.961. The molecule has 3 nitrogen and oxygen atoms in total. The largest absolute Gasteiger partial charge is 0.496 e. The van der Waals surface area contributed by atoms with Gasteiger partial charge in [-0.3, -0.25) is 0 Å². The number of aliphatic hydroxyl groups excluding tert-OH is 1. The van der Waals surface area contributed by atoms with Crippen molar-refractivity contribution in [2.24, 2.45) is 0 Å². The van der Waals surface area contributed by atoms with E-state index in [1.807, 2.05) is 0 Å². The average Bonchev–Trinajstić information content (AvgIpc) is 2.81. The molecule has 0 aliphatic heterocycles. The van der Waals surface area contributed by atoms with E-state index in [-0.39, 0.29) is 0 Å². The van der Waals surface area contributed by atoms with Gasteiger partial charge in [0.25, 0.3) is 0 Å². The van der Waals surface area contributed by atoms with Crippen LogP contribution in [-0.2, 0) is 0 Å². The summed E-state index contributed by atoms with van der Waals surface area (Å²) in [6, 6.07) is 4.03. The monoisotopic (exact) mass is 239 g/mol. The summed E-state index contributed by atoms with van der Waals surface area (Å²) in [4.78, 5) is 3.99. The van der Waals surface area contributed by atoms with Gasteiger partial charge in [-0.1, -0.05) is 0 Å². The number of rotatable bonds is 3. The minimum absolute atomic E-state index is 0.383. The molecular weight excluding hydrogens is 229 g/mol. The summed E-state index contributed by atoms with van der Waals surface area (Å²) in [5, 5.41) is 11.7. The molecule has 1 N–H and O–H groups in total. The van der Waals surface area contributed by atoms with Crippen molar-refractivity contribution in [2.75, 3.05) is 7.11 Å². The second kappa shape index (κ2) is 4.59. The number of benzene rings is 1. The van der Waals surface area contributed by atoms with Crippen LogP contribution in [0.4, 0.5) is 4.39 Å². The number of halogens is 1. The van der Waals surface area contributed by atoms with Gasteiger partial charge < -0.3 is 9.84 Å². The fourth-order valence-corrected chi connectivity index (χ4v) is 2.01. The van der Waals surface area contributed by atoms with Crippen LogP contribution in [0.3, 0.4) is 0 Å². The predicted molar refractivity (Wildman–Crippen MR) is 59.1 cm³/mol. The Labute approximate surface area is 96.2 Å². The summed E-state index contributed by atoms with van der Waals surface area (Å²) in [6.07, 6.45) is -0.961. The van der Waals surface area contributed by atoms with Gasteiger partial charge in [0.1, 0.15) is 17.7 Å². The Morgan fingerprint density at radius 1 is 1.50 bits per heavy atom. The van der Waals surface area contributed by atoms with Crippen molar-refractivity contribution in [3.8, 4) is 5.75 Å². The highest BCUT2D eigenvalue weighted by Crippen LogP contribution is 2.30. The Kier molecular flexibility index (Phi) is 3.17. The van der Waals surface area contributed by atoms with Gasteiger partial charge in [0, 0.05) is 10.9 Å². The van der Waals surface area contributed by atoms with E-state index >= 15 is 0 Å². The summed E-state index contributed by atoms with van der Waals surface area (Å²) in [5.41, 5.74) is 2.49. The Balaban J connectivity index is 2.42. The van der Waals surface area contributed by atoms with E-state index in [0.29, 0.717) is 17.0 Å². The number of ether oxygens (including phenoxy) is 1. The number of hydrogen-bond acceptors (Lipinski definition) is 4. The highest BCUT2D eigenvalue weighted by molar-refractivity contribution is 7.07. The normalized spacial score (nSPS) is 12.4. The molecule has 0 aliphatic rings. The molecule has 1 atom stereocenters. The molecule has 0 spiro atoms. The van der Waals surface area contributed by atoms with Gasteiger partial charge in [-0.05, 0) is 18.2 Å². The Morgan fingerprint density at radius 3 is 2.94 bits per heavy atom. The molecule has 1 unspecified atom stereocenters. The van der Waals surface area contributed by atoms with E-state index in [9.17, 15) is 9.50 Å². The first-order valence-electron chi connectivity index (χ1n) is 4.62. The van der Waals surface area contributed by atoms with Crippen molar-refractivity contribution in [1.82, 2.24) is 4.98 Å². The van der Waals surface area contributed by atoms with E-state index in [1.165, 1.54) is 36.6 Å². The molecule has 16 heavy (non-hydrogen) atoms. The van der Waals surface area contributed by atoms with Gasteiger partial charge in [-0.2, -0.15) is 0 Å². The van der Waals surface area contributed by atoms with E-state index in [2.05, 4.69) is 4.98 Å². The lowest BCUT2D eigenvalue weighted by Gasteiger charge is -2.12. The Bertz CT molecular complexity index is 473. The first-order valence-corrected chi connectivity index (χ1v) is 5.56. The quantitative estimate of drug-likeness (QED) is 0.894. The molecule has 0 aliphatic carbocycles. The third kappa shape index (κ3) is 2.05. The second-order valence-corrected chi connectivity index (χ2v) is 3.92. The molecule has 1 aromatic heterocycles. The second-order valence-electron chi connectivity index (χ2n) is 3.20. The summed E-state index contributed by atoms with van der Waals surface area (Å²) in [5.74, 6) is 0.0342. The third-order valence-corrected chi connectivity index (χ3v) is 2.82. The summed E-state index contributed by atoms with van der Waals surface area (Å²) in [6.45, 7) is 0. The van der Waals surface area contributed by atoms with Crippen molar-refractivity contribution in [2.45, 2.75) is 6.10 Å². The molecule has 2 rings (SSSR count). The number of methoxy groups -OCH3 is 1. The molecule has 84 valence electrons. The van der Waals surface area contributed by atoms with Crippen LogP contribution in [0.1, 0.15) is 17.4 Å². The molecule has 0 radical (unpaired) electrons. The van der Waals surface area contributed by atoms with Crippen LogP contribution in [0.25, 0.3) is 0 Å². The molecule has 0 bridgehead atoms. The molecule has 1 heterocycles. The van der Waals surface area contributed by atoms with Crippen molar-refractivity contribution < 1.29 is 14.2 Å². The van der Waals surface area contributed by atoms with Crippen LogP contribution < -0.4 is 4.74 Å². The van der Waals surface area contributed by atoms with Crippen LogP contribution in [0.2, 0.25) is 0 Å². The van der Waals surface area contributed by atoms with Gasteiger partial charge in [-0.25, -0.2) is 9.37 Å². The lowest BCUT2D eigenvalue weighted by atomic mass is 10.1. The maximum Gasteiger partial charge on any atom is 0.125 e. The predicted octanol–water partition coefficient (Wildman–Crippen LogP) is 2.37. The van der Waals surface area contributed by atoms with Gasteiger partial charge in [0.05, 0.1) is 18.3 Å². The highest BCUT2D eigenvalue weighted by atomic mass is 32.1. The summed E-state index contributed by atoms with van der Waals surface area (Å²) >= 11 is 1.37. The number of nitrogens with zero attached hydrogens (tertiary/aromatic N) is 1. The lowest BCUT2D eigenvalue weighted by molar-refractivity contribution is 0.210. The van der Waals surface area contributed by atoms with Gasteiger partial charge in [0.2, 0.25) is 0 Å². The Morgan fingerprint density at radius 2 is 2.31 bits per heavy atom. The summed E-state index contributed by atoms with van der Waals surface area (Å²) in [7, 11) is 1.48. The number of thiazole rings is 1. The smallest absolute Gasteiger partial charge is 0.125 e. The van der Waals surface area contributed by atoms with Crippen molar-refractivity contribution in [3.05, 3.63) is 46.2 Å². The van der Waals surface area contributed by atoms with Crippen LogP contribution in [0, 0.1) is 5.82 Å². The molecule has 1 aromatic carbocycles. The standard InChI is InChI=1S/C11H10FNO2S/c1-15-10-3-2-7(12)4-8(10)11(14)9-5-16-6-13-9/h2-6,11,14H,1H3. The SMILES string of the molecule is COc1ccc(F)cc1C(O)c1cscn1. The van der Waals surface area contributed by atoms with Crippen LogP contribution >= 0.6 is 11.3 Å². The summed E-state index contributed by atoms with van der Waals surface area (Å²) < 4.78 is 18.2. The first-order chi connectivity index (χ1) is 7.72. The van der Waals surface area contributed by atoms with Gasteiger partial charge in [-0.15, -0.1) is 11.3 Å². The number of hydrogen-bond donors (Lipinski definition) is 1. The number of aromatic nitrogens is 1. The van der Waals surface area contributed by atoms with E-state index in [4.69, 9.17) is 4.74 Å². The fourth-order valence-electron chi connectivity index (χ4n) is 1.44. The maximum absolute atomic E-state index is 13.1. The molecule has 2 aromatic rings. The minimum Gasteiger partial charge on any atom is -0.496 e. The van der Waals surface area contributed by atoms with Crippen LogP contribution in [0.5, 0.6) is 5.75 Å². The van der Waals surface area contributed by atoms with E-state index in [1.54, 1.807) is 10.9 Å². The fraction of sp³-hybridized carbons (Fsp3) is 0.182. The molecule has 0 amide bonds.